The number of halogens is 1. The Kier molecular flexibility index (Phi) is 4.09. The summed E-state index contributed by atoms with van der Waals surface area (Å²) in [6.07, 6.45) is 2.10. The third-order valence-electron chi connectivity index (χ3n) is 2.88. The minimum Gasteiger partial charge on any atom is -0.230 e. The van der Waals surface area contributed by atoms with Crippen molar-refractivity contribution in [3.8, 4) is 0 Å². The number of rotatable bonds is 4. The van der Waals surface area contributed by atoms with Crippen molar-refractivity contribution in [2.24, 2.45) is 0 Å². The summed E-state index contributed by atoms with van der Waals surface area (Å²) in [4.78, 5) is 0.0792. The second kappa shape index (κ2) is 5.40. The van der Waals surface area contributed by atoms with Gasteiger partial charge in [-0.25, -0.2) is 12.8 Å². The average Bonchev–Trinajstić information content (AvgIpc) is 2.83. The fourth-order valence-electron chi connectivity index (χ4n) is 1.92. The summed E-state index contributed by atoms with van der Waals surface area (Å²) in [5.41, 5.74) is -1.78. The fourth-order valence-corrected chi connectivity index (χ4v) is 4.67. The van der Waals surface area contributed by atoms with E-state index in [2.05, 4.69) is 0 Å². The Morgan fingerprint density at radius 1 is 1.35 bits per heavy atom. The SMILES string of the molecule is O=S(=O)(c1ccccc1)C(F)CC1CCCS1. The van der Waals surface area contributed by atoms with Crippen molar-refractivity contribution < 1.29 is 12.8 Å². The van der Waals surface area contributed by atoms with Gasteiger partial charge in [0.05, 0.1) is 4.90 Å². The van der Waals surface area contributed by atoms with Gasteiger partial charge < -0.3 is 0 Å². The predicted octanol–water partition coefficient (Wildman–Crippen LogP) is 3.04. The van der Waals surface area contributed by atoms with Crippen LogP contribution in [0.5, 0.6) is 0 Å². The first-order valence-electron chi connectivity index (χ1n) is 5.65. The number of hydrogen-bond acceptors (Lipinski definition) is 3. The third kappa shape index (κ3) is 3.01. The van der Waals surface area contributed by atoms with E-state index in [9.17, 15) is 12.8 Å². The number of hydrogen-bond donors (Lipinski definition) is 0. The third-order valence-corrected chi connectivity index (χ3v) is 6.10. The van der Waals surface area contributed by atoms with Crippen LogP contribution in [0, 0.1) is 0 Å². The predicted molar refractivity (Wildman–Crippen MR) is 68.6 cm³/mol. The molecule has 2 atom stereocenters. The van der Waals surface area contributed by atoms with E-state index < -0.39 is 15.3 Å². The van der Waals surface area contributed by atoms with E-state index in [0.717, 1.165) is 18.6 Å². The van der Waals surface area contributed by atoms with E-state index in [1.165, 1.54) is 12.1 Å². The van der Waals surface area contributed by atoms with Crippen molar-refractivity contribution in [3.05, 3.63) is 30.3 Å². The van der Waals surface area contributed by atoms with Crippen LogP contribution >= 0.6 is 11.8 Å². The molecule has 17 heavy (non-hydrogen) atoms. The lowest BCUT2D eigenvalue weighted by Gasteiger charge is -2.13. The summed E-state index contributed by atoms with van der Waals surface area (Å²) < 4.78 is 37.8. The van der Waals surface area contributed by atoms with E-state index in [-0.39, 0.29) is 16.6 Å². The minimum absolute atomic E-state index is 0.0792. The molecule has 2 nitrogen and oxygen atoms in total. The summed E-state index contributed by atoms with van der Waals surface area (Å²) >= 11 is 1.68. The Balaban J connectivity index is 2.09. The molecule has 2 rings (SSSR count). The molecule has 0 radical (unpaired) electrons. The molecule has 0 aliphatic carbocycles. The summed E-state index contributed by atoms with van der Waals surface area (Å²) in [7, 11) is -3.81. The summed E-state index contributed by atoms with van der Waals surface area (Å²) in [6, 6.07) is 7.85. The van der Waals surface area contributed by atoms with E-state index in [1.54, 1.807) is 30.0 Å². The monoisotopic (exact) mass is 274 g/mol. The van der Waals surface area contributed by atoms with Crippen LogP contribution in [0.25, 0.3) is 0 Å². The molecular weight excluding hydrogens is 259 g/mol. The van der Waals surface area contributed by atoms with Crippen molar-refractivity contribution in [1.82, 2.24) is 0 Å². The topological polar surface area (TPSA) is 34.1 Å². The quantitative estimate of drug-likeness (QED) is 0.846. The molecule has 1 heterocycles. The zero-order valence-electron chi connectivity index (χ0n) is 9.38. The summed E-state index contributed by atoms with van der Waals surface area (Å²) in [5, 5.41) is 0.156. The molecule has 0 aromatic heterocycles. The number of sulfone groups is 1. The van der Waals surface area contributed by atoms with Crippen LogP contribution in [0.2, 0.25) is 0 Å². The van der Waals surface area contributed by atoms with Crippen LogP contribution in [0.4, 0.5) is 4.39 Å². The largest absolute Gasteiger partial charge is 0.230 e. The van der Waals surface area contributed by atoms with Gasteiger partial charge in [-0.2, -0.15) is 11.8 Å². The van der Waals surface area contributed by atoms with Crippen LogP contribution in [-0.4, -0.2) is 24.9 Å². The molecule has 1 aliphatic heterocycles. The molecule has 0 saturated carbocycles. The van der Waals surface area contributed by atoms with Gasteiger partial charge in [-0.1, -0.05) is 18.2 Å². The maximum atomic E-state index is 13.9. The Morgan fingerprint density at radius 2 is 2.06 bits per heavy atom. The Hall–Kier alpha value is -0.550. The lowest BCUT2D eigenvalue weighted by atomic mass is 10.2. The first-order valence-corrected chi connectivity index (χ1v) is 8.25. The molecule has 0 bridgehead atoms. The van der Waals surface area contributed by atoms with Crippen molar-refractivity contribution in [2.45, 2.75) is 34.9 Å². The van der Waals surface area contributed by atoms with Gasteiger partial charge in [-0.3, -0.25) is 0 Å². The summed E-state index contributed by atoms with van der Waals surface area (Å²) in [6.45, 7) is 0. The second-order valence-electron chi connectivity index (χ2n) is 4.14. The first-order chi connectivity index (χ1) is 8.10. The maximum absolute atomic E-state index is 13.9. The van der Waals surface area contributed by atoms with Gasteiger partial charge in [0.25, 0.3) is 0 Å². The van der Waals surface area contributed by atoms with Crippen LogP contribution in [0.15, 0.2) is 35.2 Å². The highest BCUT2D eigenvalue weighted by Crippen LogP contribution is 2.32. The zero-order valence-corrected chi connectivity index (χ0v) is 11.0. The van der Waals surface area contributed by atoms with Crippen molar-refractivity contribution >= 4 is 21.6 Å². The van der Waals surface area contributed by atoms with Crippen LogP contribution in [-0.2, 0) is 9.84 Å². The van der Waals surface area contributed by atoms with E-state index >= 15 is 0 Å². The highest BCUT2D eigenvalue weighted by atomic mass is 32.2. The lowest BCUT2D eigenvalue weighted by Crippen LogP contribution is -2.20. The molecule has 1 aromatic rings. The van der Waals surface area contributed by atoms with Crippen LogP contribution in [0.3, 0.4) is 0 Å². The second-order valence-corrected chi connectivity index (χ2v) is 7.62. The van der Waals surface area contributed by atoms with Crippen LogP contribution in [0.1, 0.15) is 19.3 Å². The highest BCUT2D eigenvalue weighted by Gasteiger charge is 2.31. The number of thioether (sulfide) groups is 1. The maximum Gasteiger partial charge on any atom is 0.210 e. The smallest absolute Gasteiger partial charge is 0.210 e. The van der Waals surface area contributed by atoms with Crippen LogP contribution < -0.4 is 0 Å². The minimum atomic E-state index is -3.81. The lowest BCUT2D eigenvalue weighted by molar-refractivity contribution is 0.393. The van der Waals surface area contributed by atoms with E-state index in [0.29, 0.717) is 0 Å². The average molecular weight is 274 g/mol. The van der Waals surface area contributed by atoms with Gasteiger partial charge in [-0.05, 0) is 30.7 Å². The molecule has 0 amide bonds. The first kappa shape index (κ1) is 12.9. The number of benzene rings is 1. The number of alkyl halides is 1. The Labute approximate surface area is 106 Å². The van der Waals surface area contributed by atoms with Crippen molar-refractivity contribution in [2.75, 3.05) is 5.75 Å². The van der Waals surface area contributed by atoms with Gasteiger partial charge in [-0.15, -0.1) is 0 Å². The molecule has 2 unspecified atom stereocenters. The molecule has 94 valence electrons. The zero-order chi connectivity index (χ0) is 12.3. The molecule has 1 aliphatic rings. The van der Waals surface area contributed by atoms with Gasteiger partial charge in [0, 0.05) is 11.7 Å². The van der Waals surface area contributed by atoms with Crippen molar-refractivity contribution in [1.29, 1.82) is 0 Å². The van der Waals surface area contributed by atoms with E-state index in [1.807, 2.05) is 0 Å². The molecule has 1 aromatic carbocycles. The molecule has 0 N–H and O–H groups in total. The molecule has 1 saturated heterocycles. The highest BCUT2D eigenvalue weighted by molar-refractivity contribution is 8.00. The Morgan fingerprint density at radius 3 is 2.65 bits per heavy atom. The Bertz CT molecular complexity index is 453. The summed E-state index contributed by atoms with van der Waals surface area (Å²) in [5.74, 6) is 1.02. The van der Waals surface area contributed by atoms with Gasteiger partial charge in [0.2, 0.25) is 15.3 Å². The van der Waals surface area contributed by atoms with Gasteiger partial charge >= 0.3 is 0 Å². The van der Waals surface area contributed by atoms with Crippen molar-refractivity contribution in [3.63, 3.8) is 0 Å². The fraction of sp³-hybridized carbons (Fsp3) is 0.500. The van der Waals surface area contributed by atoms with Gasteiger partial charge in [0.1, 0.15) is 0 Å². The van der Waals surface area contributed by atoms with Gasteiger partial charge in [0.15, 0.2) is 0 Å². The molecular formula is C12H15FO2S2. The van der Waals surface area contributed by atoms with E-state index in [4.69, 9.17) is 0 Å². The molecule has 5 heteroatoms. The molecule has 1 fully saturated rings. The standard InChI is InChI=1S/C12H15FO2S2/c13-12(9-10-5-4-8-16-10)17(14,15)11-6-2-1-3-7-11/h1-3,6-7,10,12H,4-5,8-9H2. The molecule has 0 spiro atoms. The normalized spacial score (nSPS) is 22.5.